The summed E-state index contributed by atoms with van der Waals surface area (Å²) in [6.45, 7) is 3.55. The van der Waals surface area contributed by atoms with Gasteiger partial charge in [0, 0.05) is 53.7 Å². The fourth-order valence-electron chi connectivity index (χ4n) is 4.78. The monoisotopic (exact) mass is 528 g/mol. The maximum Gasteiger partial charge on any atom is 0.222 e. The van der Waals surface area contributed by atoms with E-state index in [1.807, 2.05) is 41.3 Å². The van der Waals surface area contributed by atoms with Gasteiger partial charge in [-0.05, 0) is 42.2 Å². The summed E-state index contributed by atoms with van der Waals surface area (Å²) in [5, 5.41) is 1.04. The Morgan fingerprint density at radius 1 is 0.829 bits per heavy atom. The third-order valence-electron chi connectivity index (χ3n) is 6.61. The highest BCUT2D eigenvalue weighted by Crippen LogP contribution is 2.37. The van der Waals surface area contributed by atoms with E-state index >= 15 is 0 Å². The molecule has 6 heteroatoms. The number of benzene rings is 3. The number of carbonyl (C=O) groups excluding carboxylic acids is 1. The predicted molar refractivity (Wildman–Crippen MR) is 146 cm³/mol. The first kappa shape index (κ1) is 23.4. The second-order valence-electron chi connectivity index (χ2n) is 9.05. The van der Waals surface area contributed by atoms with E-state index in [1.165, 1.54) is 16.7 Å². The van der Waals surface area contributed by atoms with Crippen molar-refractivity contribution < 1.29 is 4.79 Å². The van der Waals surface area contributed by atoms with Gasteiger partial charge < -0.3 is 15.5 Å². The fourth-order valence-corrected chi connectivity index (χ4v) is 5.14. The van der Waals surface area contributed by atoms with Crippen LogP contribution in [0.15, 0.2) is 83.3 Å². The number of hydrogen-bond acceptors (Lipinski definition) is 4. The zero-order valence-corrected chi connectivity index (χ0v) is 21.2. The predicted octanol–water partition coefficient (Wildman–Crippen LogP) is 5.95. The Bertz CT molecular complexity index is 1330. The number of nitrogen functional groups attached to an aromatic ring is 1. The highest BCUT2D eigenvalue weighted by atomic mass is 79.9. The maximum atomic E-state index is 11.3. The molecule has 1 saturated heterocycles. The lowest BCUT2D eigenvalue weighted by atomic mass is 10.1. The average molecular weight is 529 g/mol. The Morgan fingerprint density at radius 2 is 1.49 bits per heavy atom. The van der Waals surface area contributed by atoms with Gasteiger partial charge in [0.1, 0.15) is 5.82 Å². The van der Waals surface area contributed by atoms with Gasteiger partial charge in [0.25, 0.3) is 0 Å². The number of hydrogen-bond donors (Lipinski definition) is 1. The minimum Gasteiger partial charge on any atom is -0.398 e. The summed E-state index contributed by atoms with van der Waals surface area (Å²) in [7, 11) is 0. The van der Waals surface area contributed by atoms with E-state index in [0.717, 1.165) is 72.3 Å². The maximum absolute atomic E-state index is 11.3. The molecule has 0 spiro atoms. The summed E-state index contributed by atoms with van der Waals surface area (Å²) in [6.07, 6.45) is 2.71. The van der Waals surface area contributed by atoms with Gasteiger partial charge >= 0.3 is 0 Å². The lowest BCUT2D eigenvalue weighted by Gasteiger charge is -2.19. The molecule has 0 saturated carbocycles. The molecule has 3 aromatic carbocycles. The van der Waals surface area contributed by atoms with Gasteiger partial charge in [0.05, 0.1) is 5.52 Å². The standard InChI is InChI=1S/C18H16BrN3.C11H13NO/c19-13-6-7-16-15(10-13)17(20)14-8-9-22(18(14)21-16)11-12-4-2-1-3-5-12;13-11-7-4-8-12(11)9-10-5-2-1-3-6-10/h1-7,10H,8-9,11H2,(H2,20,21);1-3,5-6H,4,7-9H2. The molecule has 178 valence electrons. The van der Waals surface area contributed by atoms with Crippen molar-refractivity contribution >= 4 is 44.2 Å². The first-order valence-electron chi connectivity index (χ1n) is 12.1. The van der Waals surface area contributed by atoms with Crippen molar-refractivity contribution in [2.75, 3.05) is 23.7 Å². The van der Waals surface area contributed by atoms with E-state index in [1.54, 1.807) is 0 Å². The average Bonchev–Trinajstić information content (AvgIpc) is 3.47. The zero-order chi connectivity index (χ0) is 24.2. The molecule has 0 radical (unpaired) electrons. The number of amides is 1. The van der Waals surface area contributed by atoms with Crippen LogP contribution in [0.5, 0.6) is 0 Å². The third-order valence-corrected chi connectivity index (χ3v) is 7.10. The van der Waals surface area contributed by atoms with Gasteiger partial charge in [-0.2, -0.15) is 0 Å². The number of fused-ring (bicyclic) bond motifs is 2. The molecule has 3 heterocycles. The molecule has 2 N–H and O–H groups in total. The molecular weight excluding hydrogens is 500 g/mol. The van der Waals surface area contributed by atoms with E-state index in [4.69, 9.17) is 10.7 Å². The van der Waals surface area contributed by atoms with Crippen molar-refractivity contribution in [3.63, 3.8) is 0 Å². The minimum absolute atomic E-state index is 0.295. The lowest BCUT2D eigenvalue weighted by Crippen LogP contribution is -2.23. The van der Waals surface area contributed by atoms with E-state index < -0.39 is 0 Å². The van der Waals surface area contributed by atoms with Crippen LogP contribution in [0.25, 0.3) is 10.9 Å². The third kappa shape index (κ3) is 5.33. The molecule has 2 aliphatic heterocycles. The van der Waals surface area contributed by atoms with Crippen LogP contribution in [0.3, 0.4) is 0 Å². The summed E-state index contributed by atoms with van der Waals surface area (Å²) in [4.78, 5) is 20.4. The zero-order valence-electron chi connectivity index (χ0n) is 19.7. The molecule has 5 nitrogen and oxygen atoms in total. The van der Waals surface area contributed by atoms with Crippen LogP contribution >= 0.6 is 15.9 Å². The smallest absolute Gasteiger partial charge is 0.222 e. The lowest BCUT2D eigenvalue weighted by molar-refractivity contribution is -0.128. The fraction of sp³-hybridized carbons (Fsp3) is 0.241. The van der Waals surface area contributed by atoms with Crippen LogP contribution in [0.4, 0.5) is 11.5 Å². The topological polar surface area (TPSA) is 62.5 Å². The number of aromatic nitrogens is 1. The van der Waals surface area contributed by atoms with Gasteiger partial charge in [0.2, 0.25) is 5.91 Å². The van der Waals surface area contributed by atoms with Crippen LogP contribution in [0, 0.1) is 0 Å². The molecule has 0 atom stereocenters. The molecule has 1 aromatic heterocycles. The van der Waals surface area contributed by atoms with Crippen LogP contribution in [-0.4, -0.2) is 28.9 Å². The molecule has 35 heavy (non-hydrogen) atoms. The van der Waals surface area contributed by atoms with Gasteiger partial charge in [-0.25, -0.2) is 4.98 Å². The van der Waals surface area contributed by atoms with Crippen molar-refractivity contribution in [1.29, 1.82) is 0 Å². The van der Waals surface area contributed by atoms with Crippen LogP contribution in [0.2, 0.25) is 0 Å². The number of halogens is 1. The highest BCUT2D eigenvalue weighted by molar-refractivity contribution is 9.10. The summed E-state index contributed by atoms with van der Waals surface area (Å²) >= 11 is 3.51. The number of anilines is 2. The number of nitrogens with two attached hydrogens (primary N) is 1. The number of nitrogens with zero attached hydrogens (tertiary/aromatic N) is 3. The molecule has 0 unspecified atom stereocenters. The van der Waals surface area contributed by atoms with Crippen molar-refractivity contribution in [2.45, 2.75) is 32.4 Å². The van der Waals surface area contributed by atoms with Crippen molar-refractivity contribution in [3.05, 3.63) is 100 Å². The van der Waals surface area contributed by atoms with Crippen molar-refractivity contribution in [1.82, 2.24) is 9.88 Å². The summed E-state index contributed by atoms with van der Waals surface area (Å²) in [6, 6.07) is 26.7. The van der Waals surface area contributed by atoms with E-state index in [-0.39, 0.29) is 0 Å². The molecular formula is C29H29BrN4O. The van der Waals surface area contributed by atoms with Crippen molar-refractivity contribution in [2.24, 2.45) is 0 Å². The van der Waals surface area contributed by atoms with Crippen LogP contribution in [-0.2, 0) is 24.3 Å². The highest BCUT2D eigenvalue weighted by Gasteiger charge is 2.24. The number of likely N-dealkylation sites (tertiary alicyclic amines) is 1. The van der Waals surface area contributed by atoms with E-state index in [2.05, 4.69) is 63.3 Å². The molecule has 2 aliphatic rings. The van der Waals surface area contributed by atoms with Gasteiger partial charge in [-0.1, -0.05) is 76.6 Å². The molecule has 6 rings (SSSR count). The molecule has 0 aliphatic carbocycles. The number of carbonyl (C=O) groups is 1. The Balaban J connectivity index is 0.000000166. The normalized spacial score (nSPS) is 14.7. The first-order valence-corrected chi connectivity index (χ1v) is 12.9. The second-order valence-corrected chi connectivity index (χ2v) is 9.97. The first-order chi connectivity index (χ1) is 17.1. The SMILES string of the molecule is Nc1c2c(nc3ccc(Br)cc13)N(Cc1ccccc1)CC2.O=C1CCCN1Cc1ccccc1. The number of rotatable bonds is 4. The Kier molecular flexibility index (Phi) is 7.00. The van der Waals surface area contributed by atoms with Gasteiger partial charge in [0.15, 0.2) is 0 Å². The summed E-state index contributed by atoms with van der Waals surface area (Å²) < 4.78 is 1.03. The molecule has 0 bridgehead atoms. The van der Waals surface area contributed by atoms with Gasteiger partial charge in [-0.3, -0.25) is 4.79 Å². The largest absolute Gasteiger partial charge is 0.398 e. The second kappa shape index (κ2) is 10.5. The Labute approximate surface area is 214 Å². The molecule has 1 amide bonds. The Morgan fingerprint density at radius 3 is 2.11 bits per heavy atom. The Hall–Kier alpha value is -3.38. The van der Waals surface area contributed by atoms with E-state index in [0.29, 0.717) is 5.91 Å². The van der Waals surface area contributed by atoms with Crippen LogP contribution in [0.1, 0.15) is 29.5 Å². The van der Waals surface area contributed by atoms with E-state index in [9.17, 15) is 4.79 Å². The number of pyridine rings is 1. The van der Waals surface area contributed by atoms with Gasteiger partial charge in [-0.15, -0.1) is 0 Å². The molecule has 1 fully saturated rings. The minimum atomic E-state index is 0.295. The molecule has 4 aromatic rings. The summed E-state index contributed by atoms with van der Waals surface area (Å²) in [5.41, 5.74) is 11.9. The van der Waals surface area contributed by atoms with Crippen molar-refractivity contribution in [3.8, 4) is 0 Å². The summed E-state index contributed by atoms with van der Waals surface area (Å²) in [5.74, 6) is 1.33. The quantitative estimate of drug-likeness (QED) is 0.355. The van der Waals surface area contributed by atoms with Crippen LogP contribution < -0.4 is 10.6 Å².